The van der Waals surface area contributed by atoms with E-state index >= 15 is 4.39 Å². The first-order valence-electron chi connectivity index (χ1n) is 10.4. The predicted molar refractivity (Wildman–Crippen MR) is 127 cm³/mol. The molecule has 0 saturated carbocycles. The van der Waals surface area contributed by atoms with Crippen molar-refractivity contribution in [1.29, 1.82) is 0 Å². The molecule has 3 heterocycles. The second-order valence-corrected chi connectivity index (χ2v) is 7.88. The molecule has 3 aromatic heterocycles. The number of nitrogens with one attached hydrogen (secondary N) is 2. The van der Waals surface area contributed by atoms with Crippen LogP contribution < -0.4 is 16.6 Å². The molecule has 1 unspecified atom stereocenters. The lowest BCUT2D eigenvalue weighted by Gasteiger charge is -2.22. The number of benzene rings is 2. The van der Waals surface area contributed by atoms with Gasteiger partial charge in [0.05, 0.1) is 29.0 Å². The number of nitrogens with zero attached hydrogens (tertiary/aromatic N) is 5. The van der Waals surface area contributed by atoms with Gasteiger partial charge < -0.3 is 16.0 Å². The highest BCUT2D eigenvalue weighted by molar-refractivity contribution is 5.84. The van der Waals surface area contributed by atoms with E-state index in [1.165, 1.54) is 17.0 Å². The molecule has 11 heteroatoms. The SMILES string of the molecule is Cc1cccc(F)c1-n1c(C(C)Nc2nc(N)nc3nc[nH]c23)nc2cccc(C)c2c1=O.F. The fraction of sp³-hybridized carbons (Fsp3) is 0.174. The maximum absolute atomic E-state index is 15.0. The quantitative estimate of drug-likeness (QED) is 0.370. The number of nitrogen functional groups attached to an aromatic ring is 1. The summed E-state index contributed by atoms with van der Waals surface area (Å²) in [7, 11) is 0. The second kappa shape index (κ2) is 8.50. The fourth-order valence-corrected chi connectivity index (χ4v) is 4.05. The maximum atomic E-state index is 15.0. The van der Waals surface area contributed by atoms with Crippen LogP contribution in [0.25, 0.3) is 27.8 Å². The van der Waals surface area contributed by atoms with E-state index in [4.69, 9.17) is 10.7 Å². The van der Waals surface area contributed by atoms with Crippen molar-refractivity contribution in [3.63, 3.8) is 0 Å². The summed E-state index contributed by atoms with van der Waals surface area (Å²) in [4.78, 5) is 34.0. The molecule has 2 aromatic carbocycles. The molecule has 5 aromatic rings. The number of hydrogen-bond acceptors (Lipinski definition) is 7. The van der Waals surface area contributed by atoms with Crippen LogP contribution in [0.2, 0.25) is 0 Å². The Morgan fingerprint density at radius 1 is 1.09 bits per heavy atom. The lowest BCUT2D eigenvalue weighted by atomic mass is 10.1. The summed E-state index contributed by atoms with van der Waals surface area (Å²) in [5.74, 6) is 0.269. The van der Waals surface area contributed by atoms with E-state index in [1.807, 2.05) is 26.0 Å². The van der Waals surface area contributed by atoms with E-state index in [1.54, 1.807) is 25.1 Å². The summed E-state index contributed by atoms with van der Waals surface area (Å²) in [6, 6.07) is 9.59. The molecule has 0 aliphatic rings. The summed E-state index contributed by atoms with van der Waals surface area (Å²) in [6.07, 6.45) is 1.49. The minimum atomic E-state index is -0.553. The smallest absolute Gasteiger partial charge is 0.266 e. The van der Waals surface area contributed by atoms with E-state index in [-0.39, 0.29) is 21.9 Å². The van der Waals surface area contributed by atoms with Crippen LogP contribution in [-0.4, -0.2) is 29.5 Å². The van der Waals surface area contributed by atoms with Gasteiger partial charge in [-0.25, -0.2) is 14.4 Å². The van der Waals surface area contributed by atoms with E-state index in [2.05, 4.69) is 25.3 Å². The van der Waals surface area contributed by atoms with Gasteiger partial charge in [-0.3, -0.25) is 14.1 Å². The summed E-state index contributed by atoms with van der Waals surface area (Å²) >= 11 is 0. The van der Waals surface area contributed by atoms with Crippen LogP contribution in [0.1, 0.15) is 29.9 Å². The number of imidazole rings is 1. The highest BCUT2D eigenvalue weighted by Crippen LogP contribution is 2.27. The van der Waals surface area contributed by atoms with E-state index in [0.29, 0.717) is 39.3 Å². The molecule has 9 nitrogen and oxygen atoms in total. The highest BCUT2D eigenvalue weighted by Gasteiger charge is 2.23. The third-order valence-corrected chi connectivity index (χ3v) is 5.59. The van der Waals surface area contributed by atoms with Crippen molar-refractivity contribution in [2.24, 2.45) is 0 Å². The lowest BCUT2D eigenvalue weighted by Crippen LogP contribution is -2.29. The van der Waals surface area contributed by atoms with Crippen molar-refractivity contribution < 1.29 is 9.09 Å². The zero-order chi connectivity index (χ0) is 23.3. The van der Waals surface area contributed by atoms with Gasteiger partial charge in [0.1, 0.15) is 17.2 Å². The Morgan fingerprint density at radius 2 is 1.82 bits per heavy atom. The van der Waals surface area contributed by atoms with E-state index < -0.39 is 11.9 Å². The number of aryl methyl sites for hydroxylation is 2. The Hall–Kier alpha value is -4.41. The normalized spacial score (nSPS) is 12.0. The number of anilines is 2. The minimum Gasteiger partial charge on any atom is -0.368 e. The van der Waals surface area contributed by atoms with Crippen LogP contribution in [-0.2, 0) is 0 Å². The second-order valence-electron chi connectivity index (χ2n) is 7.88. The molecule has 0 aliphatic heterocycles. The molecule has 4 N–H and O–H groups in total. The van der Waals surface area contributed by atoms with Crippen molar-refractivity contribution >= 4 is 33.8 Å². The van der Waals surface area contributed by atoms with E-state index in [9.17, 15) is 4.79 Å². The molecule has 0 aliphatic carbocycles. The number of nitrogens with two attached hydrogens (primary N) is 1. The highest BCUT2D eigenvalue weighted by atomic mass is 19.1. The number of para-hydroxylation sites is 1. The molecule has 0 bridgehead atoms. The molecule has 5 rings (SSSR count). The van der Waals surface area contributed by atoms with Gasteiger partial charge in [0.15, 0.2) is 11.5 Å². The Labute approximate surface area is 192 Å². The molecule has 174 valence electrons. The Balaban J connectivity index is 0.00000274. The largest absolute Gasteiger partial charge is 0.368 e. The first-order chi connectivity index (χ1) is 15.8. The lowest BCUT2D eigenvalue weighted by molar-refractivity contribution is 0.605. The number of aromatic amines is 1. The predicted octanol–water partition coefficient (Wildman–Crippen LogP) is 3.72. The van der Waals surface area contributed by atoms with Crippen molar-refractivity contribution in [1.82, 2.24) is 29.5 Å². The monoisotopic (exact) mass is 464 g/mol. The first kappa shape index (κ1) is 22.8. The van der Waals surface area contributed by atoms with Gasteiger partial charge >= 0.3 is 0 Å². The molecule has 0 fully saturated rings. The van der Waals surface area contributed by atoms with Crippen LogP contribution in [0.15, 0.2) is 47.5 Å². The third-order valence-electron chi connectivity index (χ3n) is 5.59. The Bertz CT molecular complexity index is 1570. The summed E-state index contributed by atoms with van der Waals surface area (Å²) < 4.78 is 16.4. The van der Waals surface area contributed by atoms with Gasteiger partial charge in [0.25, 0.3) is 5.56 Å². The molecule has 1 atom stereocenters. The number of H-pyrrole nitrogens is 1. The van der Waals surface area contributed by atoms with Gasteiger partial charge in [-0.1, -0.05) is 24.3 Å². The molecule has 0 saturated heterocycles. The van der Waals surface area contributed by atoms with Gasteiger partial charge in [0.2, 0.25) is 5.95 Å². The van der Waals surface area contributed by atoms with Gasteiger partial charge in [0, 0.05) is 0 Å². The van der Waals surface area contributed by atoms with Crippen LogP contribution in [0.3, 0.4) is 0 Å². The topological polar surface area (TPSA) is 127 Å². The van der Waals surface area contributed by atoms with E-state index in [0.717, 1.165) is 5.56 Å². The van der Waals surface area contributed by atoms with Gasteiger partial charge in [-0.15, -0.1) is 0 Å². The first-order valence-corrected chi connectivity index (χ1v) is 10.4. The Morgan fingerprint density at radius 3 is 2.59 bits per heavy atom. The molecule has 0 amide bonds. The molecular formula is C23H22F2N8O. The number of rotatable bonds is 4. The zero-order valence-corrected chi connectivity index (χ0v) is 18.6. The third kappa shape index (κ3) is 3.60. The summed E-state index contributed by atoms with van der Waals surface area (Å²) in [5, 5.41) is 3.68. The minimum absolute atomic E-state index is 0. The molecule has 34 heavy (non-hydrogen) atoms. The van der Waals surface area contributed by atoms with Crippen LogP contribution in [0, 0.1) is 19.7 Å². The van der Waals surface area contributed by atoms with Gasteiger partial charge in [-0.05, 0) is 44.0 Å². The van der Waals surface area contributed by atoms with Crippen molar-refractivity contribution in [2.45, 2.75) is 26.8 Å². The van der Waals surface area contributed by atoms with Crippen molar-refractivity contribution in [3.05, 3.63) is 75.8 Å². The summed E-state index contributed by atoms with van der Waals surface area (Å²) in [5.41, 5.74) is 8.53. The van der Waals surface area contributed by atoms with Crippen LogP contribution in [0.5, 0.6) is 0 Å². The van der Waals surface area contributed by atoms with Crippen molar-refractivity contribution in [2.75, 3.05) is 11.1 Å². The number of halogens is 2. The average Bonchev–Trinajstić information content (AvgIpc) is 3.23. The molecule has 0 spiro atoms. The molecular weight excluding hydrogens is 442 g/mol. The van der Waals surface area contributed by atoms with Crippen LogP contribution >= 0.6 is 0 Å². The van der Waals surface area contributed by atoms with Gasteiger partial charge in [-0.2, -0.15) is 9.97 Å². The molecule has 0 radical (unpaired) electrons. The Kier molecular flexibility index (Phi) is 5.70. The van der Waals surface area contributed by atoms with Crippen molar-refractivity contribution in [3.8, 4) is 5.69 Å². The fourth-order valence-electron chi connectivity index (χ4n) is 4.05. The standard InChI is InChI=1S/C23H21FN8O.FH/c1-11-6-5-9-15-16(11)22(33)32(18-12(2)7-4-8-14(18)24)21(29-15)13(3)28-20-17-19(27-10-26-17)30-23(25)31-20;/h4-10,13H,1-3H3,(H4,25,26,27,28,30,31);1H. The number of fused-ring (bicyclic) bond motifs is 2. The maximum Gasteiger partial charge on any atom is 0.266 e. The zero-order valence-electron chi connectivity index (χ0n) is 18.6. The number of aromatic nitrogens is 6. The van der Waals surface area contributed by atoms with Crippen LogP contribution in [0.4, 0.5) is 20.9 Å². The average molecular weight is 464 g/mol. The number of hydrogen-bond donors (Lipinski definition) is 3. The summed E-state index contributed by atoms with van der Waals surface area (Å²) in [6.45, 7) is 5.41.